The highest BCUT2D eigenvalue weighted by molar-refractivity contribution is 4.88. The molecule has 14 heavy (non-hydrogen) atoms. The Morgan fingerprint density at radius 1 is 1.36 bits per heavy atom. The first-order chi connectivity index (χ1) is 6.90. The van der Waals surface area contributed by atoms with Crippen molar-refractivity contribution < 1.29 is 4.74 Å². The molecule has 1 unspecified atom stereocenters. The number of likely N-dealkylation sites (N-methyl/N-ethyl adjacent to an activating group) is 1. The fourth-order valence-corrected chi connectivity index (χ4v) is 2.20. The van der Waals surface area contributed by atoms with Crippen molar-refractivity contribution in [2.75, 3.05) is 39.4 Å². The van der Waals surface area contributed by atoms with E-state index < -0.39 is 0 Å². The minimum Gasteiger partial charge on any atom is -0.379 e. The molecule has 2 rings (SSSR count). The SMILES string of the molecule is CCNC(CN1CCOCC1)C1CC1. The van der Waals surface area contributed by atoms with Crippen molar-refractivity contribution in [1.82, 2.24) is 10.2 Å². The number of morpholine rings is 1. The molecular weight excluding hydrogens is 176 g/mol. The number of nitrogens with zero attached hydrogens (tertiary/aromatic N) is 1. The lowest BCUT2D eigenvalue weighted by Crippen LogP contribution is -2.46. The Balaban J connectivity index is 1.73. The molecule has 1 atom stereocenters. The zero-order valence-electron chi connectivity index (χ0n) is 9.17. The molecule has 1 aliphatic carbocycles. The summed E-state index contributed by atoms with van der Waals surface area (Å²) in [6.45, 7) is 8.61. The number of nitrogens with one attached hydrogen (secondary N) is 1. The standard InChI is InChI=1S/C11H22N2O/c1-2-12-11(10-3-4-10)9-13-5-7-14-8-6-13/h10-12H,2-9H2,1H3. The zero-order chi connectivity index (χ0) is 9.80. The highest BCUT2D eigenvalue weighted by Gasteiger charge is 2.31. The lowest BCUT2D eigenvalue weighted by molar-refractivity contribution is 0.0325. The Morgan fingerprint density at radius 3 is 2.64 bits per heavy atom. The van der Waals surface area contributed by atoms with E-state index in [9.17, 15) is 0 Å². The first-order valence-electron chi connectivity index (χ1n) is 5.93. The van der Waals surface area contributed by atoms with Gasteiger partial charge in [0.25, 0.3) is 0 Å². The van der Waals surface area contributed by atoms with Gasteiger partial charge in [-0.3, -0.25) is 4.90 Å². The Bertz CT molecular complexity index is 165. The topological polar surface area (TPSA) is 24.5 Å². The summed E-state index contributed by atoms with van der Waals surface area (Å²) in [5.74, 6) is 0.956. The van der Waals surface area contributed by atoms with Gasteiger partial charge >= 0.3 is 0 Å². The molecule has 0 bridgehead atoms. The van der Waals surface area contributed by atoms with Gasteiger partial charge in [-0.2, -0.15) is 0 Å². The Morgan fingerprint density at radius 2 is 2.07 bits per heavy atom. The number of hydrogen-bond donors (Lipinski definition) is 1. The molecule has 0 spiro atoms. The molecule has 0 aromatic carbocycles. The lowest BCUT2D eigenvalue weighted by Gasteiger charge is -2.30. The molecular formula is C11H22N2O. The van der Waals surface area contributed by atoms with Crippen LogP contribution in [0.2, 0.25) is 0 Å². The van der Waals surface area contributed by atoms with Crippen molar-refractivity contribution in [3.8, 4) is 0 Å². The molecule has 3 nitrogen and oxygen atoms in total. The maximum absolute atomic E-state index is 5.36. The second kappa shape index (κ2) is 5.10. The molecule has 82 valence electrons. The maximum Gasteiger partial charge on any atom is 0.0594 e. The summed E-state index contributed by atoms with van der Waals surface area (Å²) in [7, 11) is 0. The van der Waals surface area contributed by atoms with E-state index in [-0.39, 0.29) is 0 Å². The molecule has 1 saturated carbocycles. The van der Waals surface area contributed by atoms with Crippen molar-refractivity contribution in [2.24, 2.45) is 5.92 Å². The van der Waals surface area contributed by atoms with Crippen LogP contribution in [0.5, 0.6) is 0 Å². The van der Waals surface area contributed by atoms with Crippen molar-refractivity contribution in [3.63, 3.8) is 0 Å². The average molecular weight is 198 g/mol. The first kappa shape index (κ1) is 10.4. The summed E-state index contributed by atoms with van der Waals surface area (Å²) in [6.07, 6.45) is 2.87. The third kappa shape index (κ3) is 2.94. The molecule has 0 aromatic rings. The van der Waals surface area contributed by atoms with Crippen LogP contribution in [0.25, 0.3) is 0 Å². The molecule has 1 N–H and O–H groups in total. The average Bonchev–Trinajstić information content (AvgIpc) is 3.02. The largest absolute Gasteiger partial charge is 0.379 e. The summed E-state index contributed by atoms with van der Waals surface area (Å²) in [5, 5.41) is 3.61. The molecule has 0 aromatic heterocycles. The van der Waals surface area contributed by atoms with Crippen molar-refractivity contribution in [2.45, 2.75) is 25.8 Å². The van der Waals surface area contributed by atoms with Crippen LogP contribution in [0.4, 0.5) is 0 Å². The molecule has 1 heterocycles. The number of ether oxygens (including phenoxy) is 1. The van der Waals surface area contributed by atoms with Gasteiger partial charge in [0.2, 0.25) is 0 Å². The monoisotopic (exact) mass is 198 g/mol. The zero-order valence-corrected chi connectivity index (χ0v) is 9.17. The van der Waals surface area contributed by atoms with Gasteiger partial charge in [-0.15, -0.1) is 0 Å². The third-order valence-corrected chi connectivity index (χ3v) is 3.22. The van der Waals surface area contributed by atoms with Gasteiger partial charge in [0, 0.05) is 25.7 Å². The first-order valence-corrected chi connectivity index (χ1v) is 5.93. The fourth-order valence-electron chi connectivity index (χ4n) is 2.20. The van der Waals surface area contributed by atoms with E-state index in [4.69, 9.17) is 4.74 Å². The van der Waals surface area contributed by atoms with E-state index in [0.717, 1.165) is 44.8 Å². The molecule has 3 heteroatoms. The lowest BCUT2D eigenvalue weighted by atomic mass is 10.1. The Labute approximate surface area is 86.8 Å². The van der Waals surface area contributed by atoms with Gasteiger partial charge in [0.1, 0.15) is 0 Å². The number of hydrogen-bond acceptors (Lipinski definition) is 3. The Hall–Kier alpha value is -0.120. The summed E-state index contributed by atoms with van der Waals surface area (Å²) in [6, 6.07) is 0.734. The minimum atomic E-state index is 0.734. The van der Waals surface area contributed by atoms with Gasteiger partial charge in [0.05, 0.1) is 13.2 Å². The number of rotatable bonds is 5. The van der Waals surface area contributed by atoms with E-state index in [1.807, 2.05) is 0 Å². The van der Waals surface area contributed by atoms with E-state index in [1.54, 1.807) is 0 Å². The quantitative estimate of drug-likeness (QED) is 0.704. The molecule has 2 fully saturated rings. The highest BCUT2D eigenvalue weighted by atomic mass is 16.5. The van der Waals surface area contributed by atoms with Gasteiger partial charge in [-0.05, 0) is 25.3 Å². The predicted octanol–water partition coefficient (Wildman–Crippen LogP) is 0.707. The third-order valence-electron chi connectivity index (χ3n) is 3.22. The molecule has 1 saturated heterocycles. The predicted molar refractivity (Wildman–Crippen MR) is 57.4 cm³/mol. The van der Waals surface area contributed by atoms with E-state index in [0.29, 0.717) is 0 Å². The normalized spacial score (nSPS) is 26.4. The minimum absolute atomic E-state index is 0.734. The van der Waals surface area contributed by atoms with Gasteiger partial charge in [0.15, 0.2) is 0 Å². The maximum atomic E-state index is 5.36. The van der Waals surface area contributed by atoms with Crippen molar-refractivity contribution in [3.05, 3.63) is 0 Å². The van der Waals surface area contributed by atoms with Crippen LogP contribution >= 0.6 is 0 Å². The highest BCUT2D eigenvalue weighted by Crippen LogP contribution is 2.32. The van der Waals surface area contributed by atoms with Crippen molar-refractivity contribution in [1.29, 1.82) is 0 Å². The molecule has 0 amide bonds. The summed E-state index contributed by atoms with van der Waals surface area (Å²) < 4.78 is 5.36. The van der Waals surface area contributed by atoms with Gasteiger partial charge in [-0.1, -0.05) is 6.92 Å². The van der Waals surface area contributed by atoms with Crippen LogP contribution in [-0.4, -0.2) is 50.3 Å². The Kier molecular flexibility index (Phi) is 3.79. The van der Waals surface area contributed by atoms with Crippen LogP contribution in [0.15, 0.2) is 0 Å². The van der Waals surface area contributed by atoms with Crippen LogP contribution in [-0.2, 0) is 4.74 Å². The van der Waals surface area contributed by atoms with Gasteiger partial charge in [-0.25, -0.2) is 0 Å². The summed E-state index contributed by atoms with van der Waals surface area (Å²) in [4.78, 5) is 2.54. The van der Waals surface area contributed by atoms with Crippen LogP contribution in [0.1, 0.15) is 19.8 Å². The smallest absolute Gasteiger partial charge is 0.0594 e. The second-order valence-electron chi connectivity index (χ2n) is 4.41. The molecule has 1 aliphatic heterocycles. The van der Waals surface area contributed by atoms with E-state index >= 15 is 0 Å². The van der Waals surface area contributed by atoms with Crippen LogP contribution in [0.3, 0.4) is 0 Å². The van der Waals surface area contributed by atoms with Crippen LogP contribution in [0, 0.1) is 5.92 Å². The second-order valence-corrected chi connectivity index (χ2v) is 4.41. The molecule has 0 radical (unpaired) electrons. The fraction of sp³-hybridized carbons (Fsp3) is 1.00. The van der Waals surface area contributed by atoms with Crippen LogP contribution < -0.4 is 5.32 Å². The van der Waals surface area contributed by atoms with Crippen molar-refractivity contribution >= 4 is 0 Å². The van der Waals surface area contributed by atoms with E-state index in [2.05, 4.69) is 17.1 Å². The molecule has 2 aliphatic rings. The van der Waals surface area contributed by atoms with Gasteiger partial charge < -0.3 is 10.1 Å². The summed E-state index contributed by atoms with van der Waals surface area (Å²) >= 11 is 0. The summed E-state index contributed by atoms with van der Waals surface area (Å²) in [5.41, 5.74) is 0. The van der Waals surface area contributed by atoms with E-state index in [1.165, 1.54) is 19.4 Å².